The molecule has 2 amide bonds. The third-order valence-electron chi connectivity index (χ3n) is 8.35. The molecule has 3 heterocycles. The Morgan fingerprint density at radius 3 is 2.33 bits per heavy atom. The lowest BCUT2D eigenvalue weighted by molar-refractivity contribution is 0.0141. The Balaban J connectivity index is 1.43. The van der Waals surface area contributed by atoms with E-state index in [0.717, 1.165) is 22.1 Å². The molecule has 1 N–H and O–H groups in total. The summed E-state index contributed by atoms with van der Waals surface area (Å²) in [6.45, 7) is 1.72. The Labute approximate surface area is 257 Å². The van der Waals surface area contributed by atoms with E-state index in [4.69, 9.17) is 0 Å². The molecule has 230 valence electrons. The molecule has 5 aromatic rings. The summed E-state index contributed by atoms with van der Waals surface area (Å²) in [5.74, 6) is -1.67. The topological polar surface area (TPSA) is 83.6 Å². The minimum atomic E-state index is -2.79. The fourth-order valence-electron chi connectivity index (χ4n) is 5.87. The molecule has 1 aliphatic heterocycles. The monoisotopic (exact) mass is 613 g/mol. The van der Waals surface area contributed by atoms with Crippen LogP contribution in [0.5, 0.6) is 5.75 Å². The maximum atomic E-state index is 14.8. The van der Waals surface area contributed by atoms with Gasteiger partial charge >= 0.3 is 0 Å². The summed E-state index contributed by atoms with van der Waals surface area (Å²) in [7, 11) is 3.41. The first-order chi connectivity index (χ1) is 21.5. The van der Waals surface area contributed by atoms with Gasteiger partial charge in [0.1, 0.15) is 11.6 Å². The number of phenols is 1. The van der Waals surface area contributed by atoms with Gasteiger partial charge in [-0.15, -0.1) is 0 Å². The van der Waals surface area contributed by atoms with E-state index < -0.39 is 30.1 Å². The van der Waals surface area contributed by atoms with Crippen LogP contribution in [0.1, 0.15) is 37.5 Å². The highest BCUT2D eigenvalue weighted by Gasteiger charge is 2.37. The normalized spacial score (nSPS) is 14.5. The van der Waals surface area contributed by atoms with Gasteiger partial charge in [-0.25, -0.2) is 13.2 Å². The van der Waals surface area contributed by atoms with E-state index in [1.807, 2.05) is 6.07 Å². The minimum absolute atomic E-state index is 0.000536. The predicted molar refractivity (Wildman–Crippen MR) is 163 cm³/mol. The molecule has 0 radical (unpaired) electrons. The Morgan fingerprint density at radius 2 is 1.67 bits per heavy atom. The number of fused-ring (bicyclic) bond motifs is 1. The highest BCUT2D eigenvalue weighted by Crippen LogP contribution is 2.35. The smallest absolute Gasteiger partial charge is 0.264 e. The van der Waals surface area contributed by atoms with Gasteiger partial charge in [-0.2, -0.15) is 5.10 Å². The van der Waals surface area contributed by atoms with Gasteiger partial charge in [0.2, 0.25) is 0 Å². The molecule has 0 spiro atoms. The van der Waals surface area contributed by atoms with Gasteiger partial charge in [0.05, 0.1) is 23.5 Å². The molecular formula is C34H30F3N5O3. The third kappa shape index (κ3) is 5.45. The number of nitrogens with zero attached hydrogens (tertiary/aromatic N) is 5. The largest absolute Gasteiger partial charge is 0.508 e. The lowest BCUT2D eigenvalue weighted by Gasteiger charge is -2.37. The summed E-state index contributed by atoms with van der Waals surface area (Å²) in [5.41, 5.74) is 3.87. The number of aromatic nitrogens is 3. The van der Waals surface area contributed by atoms with Gasteiger partial charge < -0.3 is 14.6 Å². The van der Waals surface area contributed by atoms with Gasteiger partial charge in [0, 0.05) is 55.0 Å². The van der Waals surface area contributed by atoms with E-state index in [-0.39, 0.29) is 35.4 Å². The maximum absolute atomic E-state index is 14.8. The van der Waals surface area contributed by atoms with Gasteiger partial charge in [0.25, 0.3) is 18.2 Å². The number of carbonyl (C=O) groups excluding carboxylic acids is 2. The Morgan fingerprint density at radius 1 is 0.956 bits per heavy atom. The second-order valence-corrected chi connectivity index (χ2v) is 11.1. The third-order valence-corrected chi connectivity index (χ3v) is 8.35. The minimum Gasteiger partial charge on any atom is -0.508 e. The van der Waals surface area contributed by atoms with Crippen LogP contribution in [0.25, 0.3) is 11.3 Å². The van der Waals surface area contributed by atoms with E-state index in [1.165, 1.54) is 35.4 Å². The zero-order valence-electron chi connectivity index (χ0n) is 24.8. The van der Waals surface area contributed by atoms with E-state index >= 15 is 0 Å². The van der Waals surface area contributed by atoms with Crippen molar-refractivity contribution < 1.29 is 27.9 Å². The van der Waals surface area contributed by atoms with Crippen LogP contribution in [0.3, 0.4) is 0 Å². The summed E-state index contributed by atoms with van der Waals surface area (Å²) < 4.78 is 46.6. The average molecular weight is 614 g/mol. The number of anilines is 2. The van der Waals surface area contributed by atoms with Crippen LogP contribution in [0.4, 0.5) is 24.5 Å². The van der Waals surface area contributed by atoms with Gasteiger partial charge in [-0.1, -0.05) is 24.3 Å². The van der Waals surface area contributed by atoms with Crippen molar-refractivity contribution in [3.05, 3.63) is 119 Å². The number of aromatic hydroxyl groups is 1. The molecule has 0 aliphatic carbocycles. The first-order valence-corrected chi connectivity index (χ1v) is 14.3. The van der Waals surface area contributed by atoms with E-state index in [0.29, 0.717) is 22.8 Å². The zero-order chi connectivity index (χ0) is 32.0. The summed E-state index contributed by atoms with van der Waals surface area (Å²) in [5, 5.41) is 14.0. The molecule has 11 heteroatoms. The van der Waals surface area contributed by atoms with E-state index in [9.17, 15) is 27.9 Å². The number of benzene rings is 3. The Kier molecular flexibility index (Phi) is 7.69. The number of hydrogen-bond donors (Lipinski definition) is 1. The summed E-state index contributed by atoms with van der Waals surface area (Å²) in [6, 6.07) is 17.1. The Hall–Kier alpha value is -5.32. The summed E-state index contributed by atoms with van der Waals surface area (Å²) in [6.07, 6.45) is 0.415. The number of amides is 2. The van der Waals surface area contributed by atoms with Gasteiger partial charge in [0.15, 0.2) is 0 Å². The number of phenolic OH excluding ortho intramolecular Hbond substituents is 1. The molecule has 1 aliphatic rings. The second-order valence-electron chi connectivity index (χ2n) is 11.1. The predicted octanol–water partition coefficient (Wildman–Crippen LogP) is 6.39. The van der Waals surface area contributed by atoms with Crippen LogP contribution >= 0.6 is 0 Å². The maximum Gasteiger partial charge on any atom is 0.264 e. The van der Waals surface area contributed by atoms with Crippen molar-refractivity contribution in [3.63, 3.8) is 0 Å². The van der Waals surface area contributed by atoms with Crippen molar-refractivity contribution >= 4 is 23.2 Å². The summed E-state index contributed by atoms with van der Waals surface area (Å²) >= 11 is 0. The van der Waals surface area contributed by atoms with Crippen molar-refractivity contribution in [2.24, 2.45) is 14.1 Å². The first-order valence-electron chi connectivity index (χ1n) is 14.3. The van der Waals surface area contributed by atoms with Gasteiger partial charge in [-0.3, -0.25) is 19.2 Å². The molecule has 45 heavy (non-hydrogen) atoms. The molecule has 0 bridgehead atoms. The molecule has 0 unspecified atom stereocenters. The van der Waals surface area contributed by atoms with Crippen molar-refractivity contribution in [2.45, 2.75) is 32.4 Å². The molecule has 0 saturated heterocycles. The van der Waals surface area contributed by atoms with Gasteiger partial charge in [-0.05, 0) is 73.0 Å². The van der Waals surface area contributed by atoms with Crippen molar-refractivity contribution in [1.29, 1.82) is 0 Å². The fraction of sp³-hybridized carbons (Fsp3) is 0.206. The average Bonchev–Trinajstić information content (AvgIpc) is 3.58. The number of carbonyl (C=O) groups is 2. The first kappa shape index (κ1) is 29.7. The highest BCUT2D eigenvalue weighted by molar-refractivity contribution is 6.12. The van der Waals surface area contributed by atoms with Crippen molar-refractivity contribution in [1.82, 2.24) is 19.2 Å². The zero-order valence-corrected chi connectivity index (χ0v) is 24.8. The number of aryl methyl sites for hydroxylation is 1. The van der Waals surface area contributed by atoms with E-state index in [1.54, 1.807) is 72.9 Å². The SMILES string of the molecule is Cc1c(C(=O)N(c2ccc(O)cc2)c2cnn(C)c2)cc(-c2cc(F)ccc2C(=O)N2Cc3ccccc3C[C@H]2C(F)F)n1C. The number of alkyl halides is 2. The lowest BCUT2D eigenvalue weighted by Crippen LogP contribution is -2.48. The van der Waals surface area contributed by atoms with Crippen LogP contribution in [-0.4, -0.2) is 48.6 Å². The number of hydrogen-bond acceptors (Lipinski definition) is 4. The molecule has 8 nitrogen and oxygen atoms in total. The van der Waals surface area contributed by atoms with Crippen LogP contribution in [-0.2, 0) is 27.1 Å². The van der Waals surface area contributed by atoms with Crippen LogP contribution in [0.15, 0.2) is 85.2 Å². The lowest BCUT2D eigenvalue weighted by atomic mass is 9.92. The highest BCUT2D eigenvalue weighted by atomic mass is 19.3. The van der Waals surface area contributed by atoms with Crippen molar-refractivity contribution in [2.75, 3.05) is 4.90 Å². The molecular weight excluding hydrogens is 583 g/mol. The summed E-state index contributed by atoms with van der Waals surface area (Å²) in [4.78, 5) is 30.8. The van der Waals surface area contributed by atoms with Crippen molar-refractivity contribution in [3.8, 4) is 17.0 Å². The number of rotatable bonds is 6. The molecule has 1 atom stereocenters. The van der Waals surface area contributed by atoms with Crippen LogP contribution in [0.2, 0.25) is 0 Å². The Bertz CT molecular complexity index is 1910. The van der Waals surface area contributed by atoms with Crippen LogP contribution in [0, 0.1) is 12.7 Å². The quantitative estimate of drug-likeness (QED) is 0.241. The molecule has 6 rings (SSSR count). The molecule has 3 aromatic carbocycles. The van der Waals surface area contributed by atoms with E-state index in [2.05, 4.69) is 5.10 Å². The second kappa shape index (κ2) is 11.6. The molecule has 2 aromatic heterocycles. The fourth-order valence-corrected chi connectivity index (χ4v) is 5.87. The van der Waals surface area contributed by atoms with Crippen LogP contribution < -0.4 is 4.90 Å². The molecule has 0 saturated carbocycles. The number of halogens is 3. The standard InChI is InChI=1S/C34H30F3N5O3/c1-20-28(34(45)42(25-17-38-39(2)19-25)24-9-11-26(43)12-10-24)16-30(40(20)3)29-15-23(35)8-13-27(29)33(44)41-18-22-7-5-4-6-21(22)14-31(41)32(36)37/h4-13,15-17,19,31-32,43H,14,18H2,1-3H3/t31-/m0/s1. The molecule has 0 fully saturated rings.